The maximum Gasteiger partial charge on any atom is 0.319 e. The predicted octanol–water partition coefficient (Wildman–Crippen LogP) is 3.11. The summed E-state index contributed by atoms with van der Waals surface area (Å²) in [4.78, 5) is 27.1. The summed E-state index contributed by atoms with van der Waals surface area (Å²) in [6.07, 6.45) is 9.26. The predicted molar refractivity (Wildman–Crippen MR) is 106 cm³/mol. The highest BCUT2D eigenvalue weighted by molar-refractivity contribution is 5.95. The van der Waals surface area contributed by atoms with Gasteiger partial charge >= 0.3 is 6.03 Å². The van der Waals surface area contributed by atoms with Gasteiger partial charge in [0.25, 0.3) is 5.91 Å². The van der Waals surface area contributed by atoms with Gasteiger partial charge in [-0.3, -0.25) is 4.79 Å². The molecule has 2 aliphatic carbocycles. The Labute approximate surface area is 161 Å². The zero-order valence-electron chi connectivity index (χ0n) is 15.9. The second-order valence-corrected chi connectivity index (χ2v) is 8.17. The van der Waals surface area contributed by atoms with Crippen molar-refractivity contribution in [1.29, 1.82) is 0 Å². The third kappa shape index (κ3) is 5.01. The number of nitrogens with zero attached hydrogens (tertiary/aromatic N) is 1. The number of anilines is 1. The number of piperidine rings is 1. The Morgan fingerprint density at radius 3 is 2.07 bits per heavy atom. The van der Waals surface area contributed by atoms with E-state index in [-0.39, 0.29) is 18.0 Å². The van der Waals surface area contributed by atoms with Gasteiger partial charge in [0.2, 0.25) is 0 Å². The SMILES string of the molecule is O=C(Nc1ccc(C(=O)NC2CCCC2)cc1)NC1CCN(C2CC2)CC1. The molecule has 3 amide bonds. The smallest absolute Gasteiger partial charge is 0.319 e. The van der Waals surface area contributed by atoms with E-state index in [1.54, 1.807) is 24.3 Å². The van der Waals surface area contributed by atoms with Crippen molar-refractivity contribution in [2.75, 3.05) is 18.4 Å². The lowest BCUT2D eigenvalue weighted by atomic mass is 10.1. The summed E-state index contributed by atoms with van der Waals surface area (Å²) in [6, 6.07) is 8.33. The number of carbonyl (C=O) groups is 2. The summed E-state index contributed by atoms with van der Waals surface area (Å²) in [5.41, 5.74) is 1.35. The lowest BCUT2D eigenvalue weighted by molar-refractivity contribution is 0.0938. The van der Waals surface area contributed by atoms with Crippen molar-refractivity contribution in [2.24, 2.45) is 0 Å². The molecule has 0 bridgehead atoms. The first-order valence-corrected chi connectivity index (χ1v) is 10.4. The molecular weight excluding hydrogens is 340 g/mol. The molecule has 1 aromatic carbocycles. The number of amides is 3. The van der Waals surface area contributed by atoms with Crippen molar-refractivity contribution in [3.63, 3.8) is 0 Å². The summed E-state index contributed by atoms with van der Waals surface area (Å²) >= 11 is 0. The van der Waals surface area contributed by atoms with E-state index in [2.05, 4.69) is 20.9 Å². The molecule has 1 heterocycles. The van der Waals surface area contributed by atoms with Crippen LogP contribution in [0.1, 0.15) is 61.7 Å². The van der Waals surface area contributed by atoms with Crippen LogP contribution in [0.5, 0.6) is 0 Å². The summed E-state index contributed by atoms with van der Waals surface area (Å²) < 4.78 is 0. The average Bonchev–Trinajstić information content (AvgIpc) is 3.40. The molecular formula is C21H30N4O2. The van der Waals surface area contributed by atoms with Crippen molar-refractivity contribution in [1.82, 2.24) is 15.5 Å². The Bertz CT molecular complexity index is 657. The number of hydrogen-bond acceptors (Lipinski definition) is 3. The number of rotatable bonds is 5. The van der Waals surface area contributed by atoms with Gasteiger partial charge in [-0.15, -0.1) is 0 Å². The Balaban J connectivity index is 1.21. The molecule has 0 atom stereocenters. The molecule has 6 heteroatoms. The van der Waals surface area contributed by atoms with Crippen LogP contribution in [0.25, 0.3) is 0 Å². The lowest BCUT2D eigenvalue weighted by Gasteiger charge is -2.32. The number of urea groups is 1. The van der Waals surface area contributed by atoms with Gasteiger partial charge in [0.05, 0.1) is 0 Å². The number of benzene rings is 1. The fraction of sp³-hybridized carbons (Fsp3) is 0.619. The maximum atomic E-state index is 12.3. The minimum Gasteiger partial charge on any atom is -0.349 e. The van der Waals surface area contributed by atoms with Crippen LogP contribution in [-0.2, 0) is 0 Å². The molecule has 1 aromatic rings. The molecule has 27 heavy (non-hydrogen) atoms. The van der Waals surface area contributed by atoms with E-state index in [9.17, 15) is 9.59 Å². The van der Waals surface area contributed by atoms with Gasteiger partial charge in [-0.25, -0.2) is 4.79 Å². The fourth-order valence-electron chi connectivity index (χ4n) is 4.25. The second-order valence-electron chi connectivity index (χ2n) is 8.17. The molecule has 3 N–H and O–H groups in total. The van der Waals surface area contributed by atoms with Crippen LogP contribution in [0.4, 0.5) is 10.5 Å². The van der Waals surface area contributed by atoms with Gasteiger partial charge < -0.3 is 20.9 Å². The maximum absolute atomic E-state index is 12.3. The monoisotopic (exact) mass is 370 g/mol. The zero-order chi connectivity index (χ0) is 18.6. The van der Waals surface area contributed by atoms with Crippen molar-refractivity contribution in [3.05, 3.63) is 29.8 Å². The van der Waals surface area contributed by atoms with E-state index >= 15 is 0 Å². The molecule has 0 unspecified atom stereocenters. The van der Waals surface area contributed by atoms with E-state index in [1.165, 1.54) is 25.7 Å². The Hall–Kier alpha value is -2.08. The summed E-state index contributed by atoms with van der Waals surface area (Å²) in [7, 11) is 0. The summed E-state index contributed by atoms with van der Waals surface area (Å²) in [5.74, 6) is -0.0275. The lowest BCUT2D eigenvalue weighted by Crippen LogP contribution is -2.46. The van der Waals surface area contributed by atoms with Crippen LogP contribution in [0.15, 0.2) is 24.3 Å². The first-order valence-electron chi connectivity index (χ1n) is 10.4. The Morgan fingerprint density at radius 2 is 1.44 bits per heavy atom. The van der Waals surface area contributed by atoms with Gasteiger partial charge in [0, 0.05) is 42.5 Å². The van der Waals surface area contributed by atoms with Crippen LogP contribution in [0.2, 0.25) is 0 Å². The molecule has 0 aromatic heterocycles. The third-order valence-electron chi connectivity index (χ3n) is 6.02. The molecule has 4 rings (SSSR count). The van der Waals surface area contributed by atoms with Crippen LogP contribution in [-0.4, -0.2) is 48.1 Å². The molecule has 2 saturated carbocycles. The first kappa shape index (κ1) is 18.3. The highest BCUT2D eigenvalue weighted by Crippen LogP contribution is 2.29. The van der Waals surface area contributed by atoms with E-state index in [0.29, 0.717) is 17.3 Å². The number of carbonyl (C=O) groups excluding carboxylic acids is 2. The first-order chi connectivity index (χ1) is 13.2. The topological polar surface area (TPSA) is 73.5 Å². The standard InChI is InChI=1S/C21H30N4O2/c26-20(22-16-3-1-2-4-16)15-5-7-17(8-6-15)23-21(27)24-18-11-13-25(14-12-18)19-9-10-19/h5-8,16,18-19H,1-4,9-14H2,(H,22,26)(H2,23,24,27). The van der Waals surface area contributed by atoms with Crippen molar-refractivity contribution in [2.45, 2.75) is 69.5 Å². The van der Waals surface area contributed by atoms with Gasteiger partial charge in [-0.1, -0.05) is 12.8 Å². The van der Waals surface area contributed by atoms with Crippen molar-refractivity contribution >= 4 is 17.6 Å². The number of nitrogens with one attached hydrogen (secondary N) is 3. The molecule has 6 nitrogen and oxygen atoms in total. The van der Waals surface area contributed by atoms with Crippen molar-refractivity contribution in [3.8, 4) is 0 Å². The van der Waals surface area contributed by atoms with Gasteiger partial charge in [-0.05, 0) is 62.8 Å². The minimum atomic E-state index is -0.164. The highest BCUT2D eigenvalue weighted by atomic mass is 16.2. The molecule has 1 saturated heterocycles. The molecule has 0 radical (unpaired) electrons. The number of hydrogen-bond donors (Lipinski definition) is 3. The molecule has 0 spiro atoms. The van der Waals surface area contributed by atoms with E-state index in [1.807, 2.05) is 0 Å². The molecule has 3 aliphatic rings. The molecule has 146 valence electrons. The van der Waals surface area contributed by atoms with Gasteiger partial charge in [0.15, 0.2) is 0 Å². The van der Waals surface area contributed by atoms with Crippen LogP contribution in [0.3, 0.4) is 0 Å². The average molecular weight is 370 g/mol. The number of likely N-dealkylation sites (tertiary alicyclic amines) is 1. The quantitative estimate of drug-likeness (QED) is 0.746. The van der Waals surface area contributed by atoms with Gasteiger partial charge in [-0.2, -0.15) is 0 Å². The van der Waals surface area contributed by atoms with Crippen LogP contribution in [0, 0.1) is 0 Å². The Kier molecular flexibility index (Phi) is 5.62. The van der Waals surface area contributed by atoms with E-state index in [0.717, 1.165) is 44.8 Å². The fourth-order valence-corrected chi connectivity index (χ4v) is 4.25. The Morgan fingerprint density at radius 1 is 0.815 bits per heavy atom. The van der Waals surface area contributed by atoms with Crippen LogP contribution >= 0.6 is 0 Å². The normalized spacial score (nSPS) is 21.8. The molecule has 1 aliphatic heterocycles. The minimum absolute atomic E-state index is 0.0275. The van der Waals surface area contributed by atoms with Gasteiger partial charge in [0.1, 0.15) is 0 Å². The van der Waals surface area contributed by atoms with E-state index < -0.39 is 0 Å². The molecule has 3 fully saturated rings. The second kappa shape index (κ2) is 8.30. The largest absolute Gasteiger partial charge is 0.349 e. The van der Waals surface area contributed by atoms with E-state index in [4.69, 9.17) is 0 Å². The summed E-state index contributed by atoms with van der Waals surface area (Å²) in [6.45, 7) is 2.17. The zero-order valence-corrected chi connectivity index (χ0v) is 15.9. The highest BCUT2D eigenvalue weighted by Gasteiger charge is 2.32. The third-order valence-corrected chi connectivity index (χ3v) is 6.02. The summed E-state index contributed by atoms with van der Waals surface area (Å²) in [5, 5.41) is 9.04. The van der Waals surface area contributed by atoms with Crippen LogP contribution < -0.4 is 16.0 Å². The van der Waals surface area contributed by atoms with Crippen molar-refractivity contribution < 1.29 is 9.59 Å².